The van der Waals surface area contributed by atoms with Crippen LogP contribution in [0.5, 0.6) is 11.5 Å². The van der Waals surface area contributed by atoms with E-state index in [2.05, 4.69) is 16.0 Å². The maximum atomic E-state index is 16.3. The average molecular weight is 1820 g/mol. The molecule has 0 bridgehead atoms. The molecule has 3 N–H and O–H groups in total. The summed E-state index contributed by atoms with van der Waals surface area (Å²) in [6, 6.07) is 61.9. The number of likely N-dealkylation sites (tertiary alicyclic amines) is 1. The molecular weight excluding hydrogens is 1690 g/mol. The van der Waals surface area contributed by atoms with Crippen LogP contribution in [0.1, 0.15) is 201 Å². The largest absolute Gasteiger partial charge is 0.493 e. The normalized spacial score (nSPS) is 14.3. The van der Waals surface area contributed by atoms with E-state index in [-0.39, 0.29) is 120 Å². The monoisotopic (exact) mass is 1820 g/mol. The highest BCUT2D eigenvalue weighted by atomic mass is 35.5. The van der Waals surface area contributed by atoms with Crippen molar-refractivity contribution in [2.75, 3.05) is 72.7 Å². The van der Waals surface area contributed by atoms with E-state index in [4.69, 9.17) is 54.2 Å². The summed E-state index contributed by atoms with van der Waals surface area (Å²) < 4.78 is 51.9. The summed E-state index contributed by atoms with van der Waals surface area (Å²) in [4.78, 5) is 158. The number of aryl methyl sites for hydroxylation is 2. The van der Waals surface area contributed by atoms with E-state index in [1.165, 1.54) is 16.7 Å². The number of hydrogen-bond donors (Lipinski definition) is 3. The van der Waals surface area contributed by atoms with Gasteiger partial charge in [-0.3, -0.25) is 38.4 Å². The van der Waals surface area contributed by atoms with Gasteiger partial charge in [0.1, 0.15) is 41.0 Å². The topological polar surface area (TPSA) is 310 Å². The maximum Gasteiger partial charge on any atom is 0.408 e. The van der Waals surface area contributed by atoms with Crippen LogP contribution in [0.2, 0.25) is 5.02 Å². The molecule has 26 heteroatoms. The van der Waals surface area contributed by atoms with Crippen LogP contribution in [0, 0.1) is 18.3 Å². The molecule has 1 aliphatic heterocycles. The van der Waals surface area contributed by atoms with Gasteiger partial charge in [-0.1, -0.05) is 232 Å². The Labute approximate surface area is 773 Å². The molecule has 1 fully saturated rings. The fraction of sp³-hybridized carbons (Fsp3) is 0.433. The Morgan fingerprint density at radius 2 is 1.11 bits per heavy atom. The molecule has 4 amide bonds. The number of piperidine rings is 1. The molecule has 0 aliphatic carbocycles. The van der Waals surface area contributed by atoms with Crippen LogP contribution < -0.4 is 25.4 Å². The SMILES string of the molecule is CCC(C)(C)C(=O)C(=O)N1CCCCC1C(=O)OC(CCc1ccc(OC)c(OC)c1)c1cccc(CC(=O)CCC(=O)NCCOCCOCCOCCC(=O)CC[C@H](NC(=O)OC(C)(C)C)C(=O)C[C@@H](CC(=O)OC(C)(C)C)C(=O)N[C@@H](CSC(c2ccccc2)(c2ccccc2)c2ccccc2)C(=O)OC(c2ccccc2)(c2ccc(C)cc2)c2ccccc2Cl)c1. The number of esters is 3. The molecule has 0 aromatic heterocycles. The number of nitrogens with one attached hydrogen (secondary N) is 3. The van der Waals surface area contributed by atoms with Crippen molar-refractivity contribution in [3.05, 3.63) is 273 Å². The van der Waals surface area contributed by atoms with Crippen LogP contribution in [0.15, 0.2) is 212 Å². The standard InChI is InChI=1S/C104H125ClN4O20S/c1-13-102(9,10)94(115)96(117)109-58-29-28-43-87(109)98(119)126-89(53-46-72-47-54-90(121-11)91(67-72)122-12)74-32-30-31-73(65-74)66-82(111)51-55-92(113)106-57-60-124-62-64-125-63-61-123-59-56-81(110)50-52-85(108-99(120)129-101(6,7)8)88(112)68-75(69-93(114)127-100(3,4)5)95(116)107-86(70-130-104(78-35-20-15-21-36-78,79-37-22-16-23-38-79)80-39-24-17-25-40-80)97(118)128-103(76-33-18-14-19-34-76,77-48-44-71(2)45-49-77)83-41-26-27-42-84(83)105/h14-27,30-42,44-45,47-49,54,65,67,75,85-87,89H,13,28-29,43,46,50-53,55-64,66,68-70H2,1-12H3,(H,106,113)(H,107,116)(H,108,120)/t75-,85-,86-,87?,89?,103?/m0/s1. The van der Waals surface area contributed by atoms with E-state index >= 15 is 14.4 Å². The fourth-order valence-corrected chi connectivity index (χ4v) is 17.1. The minimum absolute atomic E-state index is 0.00747. The minimum Gasteiger partial charge on any atom is -0.493 e. The Kier molecular flexibility index (Phi) is 39.1. The first kappa shape index (κ1) is 102. The lowest BCUT2D eigenvalue weighted by Crippen LogP contribution is -2.53. The van der Waals surface area contributed by atoms with Gasteiger partial charge < -0.3 is 63.5 Å². The number of benzene rings is 8. The lowest BCUT2D eigenvalue weighted by atomic mass is 9.79. The smallest absolute Gasteiger partial charge is 0.408 e. The van der Waals surface area contributed by atoms with Crippen molar-refractivity contribution in [1.82, 2.24) is 20.9 Å². The number of Topliss-reactive ketones (excluding diaryl/α,β-unsaturated/α-hetero) is 4. The van der Waals surface area contributed by atoms with Crippen LogP contribution in [0.3, 0.4) is 0 Å². The van der Waals surface area contributed by atoms with E-state index in [1.807, 2.05) is 184 Å². The first-order chi connectivity index (χ1) is 62.2. The van der Waals surface area contributed by atoms with E-state index in [9.17, 15) is 38.4 Å². The molecule has 0 radical (unpaired) electrons. The molecule has 8 aromatic rings. The first-order valence-electron chi connectivity index (χ1n) is 44.5. The summed E-state index contributed by atoms with van der Waals surface area (Å²) in [7, 11) is 3.09. The second-order valence-electron chi connectivity index (χ2n) is 35.0. The van der Waals surface area contributed by atoms with Crippen molar-refractivity contribution in [3.8, 4) is 11.5 Å². The predicted octanol–water partition coefficient (Wildman–Crippen LogP) is 17.0. The molecule has 24 nitrogen and oxygen atoms in total. The Bertz CT molecular complexity index is 4990. The molecule has 3 unspecified atom stereocenters. The molecule has 9 rings (SSSR count). The molecule has 0 spiro atoms. The van der Waals surface area contributed by atoms with Crippen LogP contribution in [-0.2, 0) is 104 Å². The number of amides is 4. The lowest BCUT2D eigenvalue weighted by molar-refractivity contribution is -0.164. The van der Waals surface area contributed by atoms with Crippen molar-refractivity contribution < 1.29 is 95.4 Å². The number of carbonyl (C=O) groups excluding carboxylic acids is 11. The molecule has 8 aromatic carbocycles. The number of rotatable bonds is 50. The highest BCUT2D eigenvalue weighted by Crippen LogP contribution is 2.50. The Morgan fingerprint density at radius 3 is 1.70 bits per heavy atom. The zero-order valence-corrected chi connectivity index (χ0v) is 78.3. The van der Waals surface area contributed by atoms with E-state index in [0.717, 1.165) is 27.8 Å². The highest BCUT2D eigenvalue weighted by Gasteiger charge is 2.47. The summed E-state index contributed by atoms with van der Waals surface area (Å²) in [5, 5.41) is 8.71. The van der Waals surface area contributed by atoms with E-state index in [0.29, 0.717) is 77.8 Å². The van der Waals surface area contributed by atoms with Gasteiger partial charge >= 0.3 is 24.0 Å². The van der Waals surface area contributed by atoms with Gasteiger partial charge in [0.15, 0.2) is 22.9 Å². The number of halogens is 1. The van der Waals surface area contributed by atoms with Crippen molar-refractivity contribution in [2.45, 2.75) is 205 Å². The van der Waals surface area contributed by atoms with Gasteiger partial charge in [0, 0.05) is 84.5 Å². The van der Waals surface area contributed by atoms with Gasteiger partial charge in [0.25, 0.3) is 5.91 Å². The third kappa shape index (κ3) is 30.1. The number of ether oxygens (including phenoxy) is 9. The molecule has 694 valence electrons. The summed E-state index contributed by atoms with van der Waals surface area (Å²) in [6.07, 6.45) is -0.812. The molecule has 1 aliphatic rings. The molecule has 130 heavy (non-hydrogen) atoms. The van der Waals surface area contributed by atoms with Crippen molar-refractivity contribution in [1.29, 1.82) is 0 Å². The fourth-order valence-electron chi connectivity index (χ4n) is 15.3. The molecule has 1 saturated heterocycles. The number of thioether (sulfide) groups is 1. The van der Waals surface area contributed by atoms with Gasteiger partial charge in [-0.15, -0.1) is 11.8 Å². The number of nitrogens with zero attached hydrogens (tertiary/aromatic N) is 1. The average Bonchev–Trinajstić information content (AvgIpc) is 0.741. The predicted molar refractivity (Wildman–Crippen MR) is 499 cm³/mol. The molecular formula is C104H125ClN4O20S. The Balaban J connectivity index is 0.790. The Morgan fingerprint density at radius 1 is 0.531 bits per heavy atom. The van der Waals surface area contributed by atoms with Gasteiger partial charge in [-0.25, -0.2) is 14.4 Å². The number of ketones is 4. The number of carbonyl (C=O) groups is 11. The Hall–Kier alpha value is -11.4. The van der Waals surface area contributed by atoms with Crippen LogP contribution in [-0.4, -0.2) is 172 Å². The molecule has 1 heterocycles. The van der Waals surface area contributed by atoms with Crippen LogP contribution in [0.25, 0.3) is 0 Å². The second kappa shape index (κ2) is 49.6. The summed E-state index contributed by atoms with van der Waals surface area (Å²) in [6.45, 7) is 18.4. The minimum atomic E-state index is -1.75. The van der Waals surface area contributed by atoms with E-state index < -0.39 is 117 Å². The van der Waals surface area contributed by atoms with Gasteiger partial charge in [-0.2, -0.15) is 0 Å². The van der Waals surface area contributed by atoms with Gasteiger partial charge in [0.2, 0.25) is 17.6 Å². The van der Waals surface area contributed by atoms with E-state index in [1.54, 1.807) is 112 Å². The van der Waals surface area contributed by atoms with Crippen molar-refractivity contribution in [3.63, 3.8) is 0 Å². The maximum absolute atomic E-state index is 16.3. The number of alkyl carbamates (subject to hydrolysis) is 1. The van der Waals surface area contributed by atoms with Crippen LogP contribution >= 0.6 is 23.4 Å². The summed E-state index contributed by atoms with van der Waals surface area (Å²) >= 11 is 8.60. The third-order valence-electron chi connectivity index (χ3n) is 22.5. The molecule has 6 atom stereocenters. The second-order valence-corrected chi connectivity index (χ2v) is 36.7. The highest BCUT2D eigenvalue weighted by molar-refractivity contribution is 8.00. The van der Waals surface area contributed by atoms with Crippen LogP contribution in [0.4, 0.5) is 4.79 Å². The quantitative estimate of drug-likeness (QED) is 0.0105. The van der Waals surface area contributed by atoms with Crippen molar-refractivity contribution >= 4 is 88.2 Å². The zero-order valence-electron chi connectivity index (χ0n) is 76.8. The first-order valence-corrected chi connectivity index (χ1v) is 45.9. The third-order valence-corrected chi connectivity index (χ3v) is 24.5. The molecule has 0 saturated carbocycles. The number of hydrogen-bond acceptors (Lipinski definition) is 21. The summed E-state index contributed by atoms with van der Waals surface area (Å²) in [5.41, 5.74) is 2.46. The number of methoxy groups -OCH3 is 2. The zero-order chi connectivity index (χ0) is 94.0. The van der Waals surface area contributed by atoms with Gasteiger partial charge in [0.05, 0.1) is 77.0 Å². The summed E-state index contributed by atoms with van der Waals surface area (Å²) in [5.74, 6) is -6.66. The lowest BCUT2D eigenvalue weighted by Gasteiger charge is -2.39. The van der Waals surface area contributed by atoms with Crippen molar-refractivity contribution in [2.24, 2.45) is 11.3 Å². The van der Waals surface area contributed by atoms with Gasteiger partial charge in [-0.05, 0) is 145 Å².